The first-order valence-corrected chi connectivity index (χ1v) is 8.71. The molecule has 0 aromatic heterocycles. The van der Waals surface area contributed by atoms with Crippen molar-refractivity contribution >= 4 is 11.8 Å². The average molecular weight is 277 g/mol. The summed E-state index contributed by atoms with van der Waals surface area (Å²) in [5, 5.41) is 4.38. The highest BCUT2D eigenvalue weighted by Crippen LogP contribution is 2.40. The van der Waals surface area contributed by atoms with Gasteiger partial charge in [0.1, 0.15) is 0 Å². The van der Waals surface area contributed by atoms with E-state index < -0.39 is 0 Å². The van der Waals surface area contributed by atoms with E-state index in [1.165, 1.54) is 25.0 Å². The van der Waals surface area contributed by atoms with Gasteiger partial charge in [-0.1, -0.05) is 51.5 Å². The Labute approximate surface area is 122 Å². The summed E-state index contributed by atoms with van der Waals surface area (Å²) in [6, 6.07) is 9.59. The van der Waals surface area contributed by atoms with Gasteiger partial charge in [-0.2, -0.15) is 11.8 Å². The van der Waals surface area contributed by atoms with Crippen LogP contribution in [0.4, 0.5) is 0 Å². The quantitative estimate of drug-likeness (QED) is 0.772. The molecule has 1 nitrogen and oxygen atoms in total. The molecular weight excluding hydrogens is 250 g/mol. The van der Waals surface area contributed by atoms with Gasteiger partial charge < -0.3 is 5.32 Å². The van der Waals surface area contributed by atoms with Crippen molar-refractivity contribution in [2.24, 2.45) is 0 Å². The molecule has 0 saturated heterocycles. The monoisotopic (exact) mass is 277 g/mol. The second-order valence-electron chi connectivity index (χ2n) is 5.75. The second kappa shape index (κ2) is 7.35. The summed E-state index contributed by atoms with van der Waals surface area (Å²) in [6.45, 7) is 7.82. The van der Waals surface area contributed by atoms with Crippen LogP contribution in [0.2, 0.25) is 0 Å². The van der Waals surface area contributed by atoms with E-state index in [1.807, 2.05) is 0 Å². The minimum Gasteiger partial charge on any atom is -0.310 e. The van der Waals surface area contributed by atoms with Crippen molar-refractivity contribution in [3.8, 4) is 0 Å². The van der Waals surface area contributed by atoms with Crippen molar-refractivity contribution in [1.29, 1.82) is 0 Å². The van der Waals surface area contributed by atoms with Crippen LogP contribution in [0.1, 0.15) is 63.1 Å². The number of thioether (sulfide) groups is 1. The van der Waals surface area contributed by atoms with E-state index in [9.17, 15) is 0 Å². The van der Waals surface area contributed by atoms with Gasteiger partial charge in [0.2, 0.25) is 0 Å². The Hall–Kier alpha value is -0.470. The van der Waals surface area contributed by atoms with Crippen molar-refractivity contribution < 1.29 is 0 Å². The molecule has 2 heteroatoms. The van der Waals surface area contributed by atoms with E-state index in [4.69, 9.17) is 0 Å². The zero-order valence-electron chi connectivity index (χ0n) is 12.5. The fraction of sp³-hybridized carbons (Fsp3) is 0.647. The number of hydrogen-bond acceptors (Lipinski definition) is 2. The molecule has 106 valence electrons. The number of rotatable bonds is 7. The molecule has 1 N–H and O–H groups in total. The van der Waals surface area contributed by atoms with Crippen LogP contribution in [-0.2, 0) is 0 Å². The van der Waals surface area contributed by atoms with Gasteiger partial charge >= 0.3 is 0 Å². The third-order valence-corrected chi connectivity index (χ3v) is 5.16. The SMILES string of the molecule is CCNC(CSC(C)C)c1ccccc1C1CCC1. The maximum atomic E-state index is 3.68. The fourth-order valence-electron chi connectivity index (χ4n) is 2.71. The number of nitrogens with one attached hydrogen (secondary N) is 1. The molecule has 1 aliphatic rings. The Morgan fingerprint density at radius 1 is 1.26 bits per heavy atom. The molecule has 0 aliphatic heterocycles. The van der Waals surface area contributed by atoms with Crippen LogP contribution in [0.15, 0.2) is 24.3 Å². The van der Waals surface area contributed by atoms with Crippen molar-refractivity contribution in [3.63, 3.8) is 0 Å². The smallest absolute Gasteiger partial charge is 0.0414 e. The Balaban J connectivity index is 2.14. The lowest BCUT2D eigenvalue weighted by Crippen LogP contribution is -2.26. The van der Waals surface area contributed by atoms with Gasteiger partial charge in [0, 0.05) is 11.8 Å². The van der Waals surface area contributed by atoms with E-state index in [0.29, 0.717) is 11.3 Å². The predicted molar refractivity (Wildman–Crippen MR) is 87.0 cm³/mol. The van der Waals surface area contributed by atoms with Gasteiger partial charge in [0.25, 0.3) is 0 Å². The molecule has 1 aromatic carbocycles. The summed E-state index contributed by atoms with van der Waals surface area (Å²) in [6.07, 6.45) is 4.17. The summed E-state index contributed by atoms with van der Waals surface area (Å²) in [5.74, 6) is 2.00. The molecule has 19 heavy (non-hydrogen) atoms. The largest absolute Gasteiger partial charge is 0.310 e. The second-order valence-corrected chi connectivity index (χ2v) is 7.36. The van der Waals surface area contributed by atoms with Crippen LogP contribution < -0.4 is 5.32 Å². The standard InChI is InChI=1S/C17H27NS/c1-4-18-17(12-19-13(2)3)16-11-6-5-10-15(16)14-8-7-9-14/h5-6,10-11,13-14,17-18H,4,7-9,12H2,1-3H3. The maximum Gasteiger partial charge on any atom is 0.0414 e. The summed E-state index contributed by atoms with van der Waals surface area (Å²) < 4.78 is 0. The van der Waals surface area contributed by atoms with Gasteiger partial charge in [0.15, 0.2) is 0 Å². The predicted octanol–water partition coefficient (Wildman–Crippen LogP) is 4.75. The highest BCUT2D eigenvalue weighted by atomic mass is 32.2. The molecule has 0 bridgehead atoms. The first-order valence-electron chi connectivity index (χ1n) is 7.66. The molecule has 1 atom stereocenters. The Bertz CT molecular complexity index is 385. The van der Waals surface area contributed by atoms with Crippen LogP contribution in [0.25, 0.3) is 0 Å². The third kappa shape index (κ3) is 4.00. The molecule has 0 radical (unpaired) electrons. The molecular formula is C17H27NS. The summed E-state index contributed by atoms with van der Waals surface area (Å²) >= 11 is 2.06. The zero-order chi connectivity index (χ0) is 13.7. The molecule has 1 unspecified atom stereocenters. The van der Waals surface area contributed by atoms with Crippen LogP contribution in [0, 0.1) is 0 Å². The van der Waals surface area contributed by atoms with Gasteiger partial charge in [-0.15, -0.1) is 0 Å². The maximum absolute atomic E-state index is 3.68. The van der Waals surface area contributed by atoms with Gasteiger partial charge in [0.05, 0.1) is 0 Å². The minimum absolute atomic E-state index is 0.509. The molecule has 1 aromatic rings. The molecule has 0 amide bonds. The normalized spacial score (nSPS) is 17.5. The highest BCUT2D eigenvalue weighted by molar-refractivity contribution is 7.99. The van der Waals surface area contributed by atoms with Crippen LogP contribution in [0.5, 0.6) is 0 Å². The van der Waals surface area contributed by atoms with Crippen LogP contribution in [-0.4, -0.2) is 17.5 Å². The summed E-state index contributed by atoms with van der Waals surface area (Å²) in [4.78, 5) is 0. The van der Waals surface area contributed by atoms with Gasteiger partial charge in [-0.25, -0.2) is 0 Å². The fourth-order valence-corrected chi connectivity index (χ4v) is 3.59. The third-order valence-electron chi connectivity index (χ3n) is 3.96. The van der Waals surface area contributed by atoms with Crippen molar-refractivity contribution in [2.45, 2.75) is 57.2 Å². The molecule has 2 rings (SSSR count). The van der Waals surface area contributed by atoms with Gasteiger partial charge in [-0.3, -0.25) is 0 Å². The zero-order valence-corrected chi connectivity index (χ0v) is 13.3. The van der Waals surface area contributed by atoms with Crippen LogP contribution in [0.3, 0.4) is 0 Å². The molecule has 0 spiro atoms. The lowest BCUT2D eigenvalue weighted by atomic mass is 9.77. The van der Waals surface area contributed by atoms with Crippen molar-refractivity contribution in [3.05, 3.63) is 35.4 Å². The van der Waals surface area contributed by atoms with E-state index in [1.54, 1.807) is 11.1 Å². The van der Waals surface area contributed by atoms with E-state index in [2.05, 4.69) is 62.1 Å². The van der Waals surface area contributed by atoms with E-state index >= 15 is 0 Å². The molecule has 1 saturated carbocycles. The van der Waals surface area contributed by atoms with Crippen LogP contribution >= 0.6 is 11.8 Å². The summed E-state index contributed by atoms with van der Waals surface area (Å²) in [7, 11) is 0. The lowest BCUT2D eigenvalue weighted by molar-refractivity contribution is 0.413. The topological polar surface area (TPSA) is 12.0 Å². The number of hydrogen-bond donors (Lipinski definition) is 1. The summed E-state index contributed by atoms with van der Waals surface area (Å²) in [5.41, 5.74) is 3.14. The first-order chi connectivity index (χ1) is 9.22. The highest BCUT2D eigenvalue weighted by Gasteiger charge is 2.24. The van der Waals surface area contributed by atoms with Crippen molar-refractivity contribution in [1.82, 2.24) is 5.32 Å². The first kappa shape index (κ1) is 14.9. The average Bonchev–Trinajstić information content (AvgIpc) is 2.33. The molecule has 1 aliphatic carbocycles. The molecule has 0 heterocycles. The van der Waals surface area contributed by atoms with E-state index in [0.717, 1.165) is 12.5 Å². The Kier molecular flexibility index (Phi) is 5.77. The Morgan fingerprint density at radius 2 is 2.00 bits per heavy atom. The van der Waals surface area contributed by atoms with Gasteiger partial charge in [-0.05, 0) is 41.7 Å². The minimum atomic E-state index is 0.509. The van der Waals surface area contributed by atoms with E-state index in [-0.39, 0.29) is 0 Å². The lowest BCUT2D eigenvalue weighted by Gasteiger charge is -2.31. The van der Waals surface area contributed by atoms with Crippen molar-refractivity contribution in [2.75, 3.05) is 12.3 Å². The Morgan fingerprint density at radius 3 is 2.58 bits per heavy atom. The number of benzene rings is 1. The molecule has 1 fully saturated rings.